The number of furan rings is 2. The van der Waals surface area contributed by atoms with Crippen molar-refractivity contribution in [1.29, 1.82) is 0 Å². The Hall–Kier alpha value is -4.66. The van der Waals surface area contributed by atoms with Gasteiger partial charge in [0.05, 0.1) is 38.6 Å². The third kappa shape index (κ3) is 3.67. The Morgan fingerprint density at radius 2 is 1.83 bits per heavy atom. The first-order valence-electron chi connectivity index (χ1n) is 10.7. The van der Waals surface area contributed by atoms with Gasteiger partial charge in [0, 0.05) is 5.39 Å². The maximum atomic E-state index is 13.7. The second-order valence-electron chi connectivity index (χ2n) is 7.93. The highest BCUT2D eigenvalue weighted by Gasteiger charge is 2.45. The Labute approximate surface area is 199 Å². The minimum atomic E-state index is -1.02. The zero-order valence-corrected chi connectivity index (χ0v) is 18.8. The van der Waals surface area contributed by atoms with Crippen LogP contribution in [0.4, 0.5) is 0 Å². The molecular weight excluding hydrogens is 454 g/mol. The molecule has 0 fully saturated rings. The van der Waals surface area contributed by atoms with Crippen LogP contribution in [0.25, 0.3) is 11.0 Å². The summed E-state index contributed by atoms with van der Waals surface area (Å²) in [6.07, 6.45) is 1.46. The SMILES string of the molecule is COc1ccc(C2C(C(=O)c3cc4cccc(OC)c4o3)=C(O)C(=O)N2Cc2ccco2)cc1O. The Kier molecular flexibility index (Phi) is 5.44. The Bertz CT molecular complexity index is 1460. The van der Waals surface area contributed by atoms with Crippen LogP contribution >= 0.6 is 0 Å². The molecule has 0 saturated heterocycles. The molecule has 0 radical (unpaired) electrons. The highest BCUT2D eigenvalue weighted by molar-refractivity contribution is 6.16. The number of para-hydroxylation sites is 1. The van der Waals surface area contributed by atoms with Gasteiger partial charge >= 0.3 is 0 Å². The first-order valence-corrected chi connectivity index (χ1v) is 10.7. The molecule has 1 atom stereocenters. The molecular formula is C26H21NO8. The van der Waals surface area contributed by atoms with Crippen molar-refractivity contribution in [3.63, 3.8) is 0 Å². The predicted octanol–water partition coefficient (Wildman–Crippen LogP) is 4.53. The summed E-state index contributed by atoms with van der Waals surface area (Å²) in [5.41, 5.74) is 0.585. The van der Waals surface area contributed by atoms with Crippen LogP contribution in [0.1, 0.15) is 27.9 Å². The number of amides is 1. The molecule has 3 heterocycles. The van der Waals surface area contributed by atoms with Crippen molar-refractivity contribution in [2.24, 2.45) is 0 Å². The van der Waals surface area contributed by atoms with Crippen LogP contribution < -0.4 is 9.47 Å². The van der Waals surface area contributed by atoms with E-state index < -0.39 is 23.5 Å². The van der Waals surface area contributed by atoms with E-state index in [4.69, 9.17) is 18.3 Å². The van der Waals surface area contributed by atoms with Gasteiger partial charge in [0.15, 0.2) is 34.4 Å². The number of Topliss-reactive ketones (excluding diaryl/α,β-unsaturated/α-hetero) is 1. The molecule has 1 amide bonds. The lowest BCUT2D eigenvalue weighted by molar-refractivity contribution is -0.130. The lowest BCUT2D eigenvalue weighted by Gasteiger charge is -2.26. The molecule has 2 aromatic carbocycles. The number of carbonyl (C=O) groups excluding carboxylic acids is 2. The summed E-state index contributed by atoms with van der Waals surface area (Å²) in [7, 11) is 2.90. The highest BCUT2D eigenvalue weighted by atomic mass is 16.5. The number of hydrogen-bond donors (Lipinski definition) is 2. The second-order valence-corrected chi connectivity index (χ2v) is 7.93. The lowest BCUT2D eigenvalue weighted by Crippen LogP contribution is -2.30. The third-order valence-corrected chi connectivity index (χ3v) is 5.92. The third-order valence-electron chi connectivity index (χ3n) is 5.92. The number of ketones is 1. The molecule has 9 heteroatoms. The largest absolute Gasteiger partial charge is 0.504 e. The van der Waals surface area contributed by atoms with Crippen LogP contribution in [0.15, 0.2) is 81.0 Å². The Morgan fingerprint density at radius 1 is 1.03 bits per heavy atom. The number of nitrogens with zero attached hydrogens (tertiary/aromatic N) is 1. The summed E-state index contributed by atoms with van der Waals surface area (Å²) >= 11 is 0. The fraction of sp³-hybridized carbons (Fsp3) is 0.154. The second kappa shape index (κ2) is 8.60. The monoisotopic (exact) mass is 475 g/mol. The van der Waals surface area contributed by atoms with Crippen LogP contribution in [0.3, 0.4) is 0 Å². The van der Waals surface area contributed by atoms with Gasteiger partial charge in [-0.05, 0) is 42.0 Å². The van der Waals surface area contributed by atoms with E-state index in [9.17, 15) is 19.8 Å². The van der Waals surface area contributed by atoms with Crippen LogP contribution in [0.5, 0.6) is 17.2 Å². The standard InChI is InChI=1S/C26H21NO8/c1-32-18-9-8-14(11-17(18)28)22-21(24(30)26(31)27(22)13-16-6-4-10-34-16)23(29)20-12-15-5-3-7-19(33-2)25(15)35-20/h3-12,22,28,30H,13H2,1-2H3. The average molecular weight is 475 g/mol. The summed E-state index contributed by atoms with van der Waals surface area (Å²) in [6.45, 7) is -0.0158. The van der Waals surface area contributed by atoms with Gasteiger partial charge in [0.1, 0.15) is 5.76 Å². The summed E-state index contributed by atoms with van der Waals surface area (Å²) in [6, 6.07) is 13.6. The molecule has 9 nitrogen and oxygen atoms in total. The summed E-state index contributed by atoms with van der Waals surface area (Å²) in [5, 5.41) is 21.9. The molecule has 35 heavy (non-hydrogen) atoms. The number of rotatable bonds is 7. The van der Waals surface area contributed by atoms with Gasteiger partial charge in [-0.25, -0.2) is 0 Å². The van der Waals surface area contributed by atoms with E-state index in [2.05, 4.69) is 0 Å². The van der Waals surface area contributed by atoms with Gasteiger partial charge < -0.3 is 33.4 Å². The van der Waals surface area contributed by atoms with Gasteiger partial charge in [-0.3, -0.25) is 9.59 Å². The Morgan fingerprint density at radius 3 is 2.51 bits per heavy atom. The number of ether oxygens (including phenoxy) is 2. The van der Waals surface area contributed by atoms with Gasteiger partial charge in [-0.2, -0.15) is 0 Å². The summed E-state index contributed by atoms with van der Waals surface area (Å²) in [4.78, 5) is 28.1. The fourth-order valence-electron chi connectivity index (χ4n) is 4.28. The Balaban J connectivity index is 1.62. The molecule has 0 aliphatic carbocycles. The zero-order chi connectivity index (χ0) is 24.7. The van der Waals surface area contributed by atoms with Crippen LogP contribution in [-0.4, -0.2) is 41.0 Å². The molecule has 178 valence electrons. The van der Waals surface area contributed by atoms with Crippen molar-refractivity contribution in [2.45, 2.75) is 12.6 Å². The van der Waals surface area contributed by atoms with E-state index >= 15 is 0 Å². The first-order chi connectivity index (χ1) is 16.9. The van der Waals surface area contributed by atoms with Crippen molar-refractivity contribution in [1.82, 2.24) is 4.90 Å². The molecule has 4 aromatic rings. The van der Waals surface area contributed by atoms with E-state index in [1.165, 1.54) is 43.6 Å². The lowest BCUT2D eigenvalue weighted by atomic mass is 9.94. The van der Waals surface area contributed by atoms with Gasteiger partial charge in [-0.1, -0.05) is 18.2 Å². The van der Waals surface area contributed by atoms with Gasteiger partial charge in [-0.15, -0.1) is 0 Å². The number of fused-ring (bicyclic) bond motifs is 1. The first kappa shape index (κ1) is 22.1. The number of aliphatic hydroxyl groups is 1. The van der Waals surface area contributed by atoms with E-state index in [0.29, 0.717) is 28.0 Å². The van der Waals surface area contributed by atoms with Crippen molar-refractivity contribution in [2.75, 3.05) is 14.2 Å². The molecule has 2 aromatic heterocycles. The van der Waals surface area contributed by atoms with E-state index in [-0.39, 0.29) is 29.4 Å². The number of phenolic OH excluding ortho intramolecular Hbond substituents is 1. The van der Waals surface area contributed by atoms with Crippen molar-refractivity contribution in [3.05, 3.63) is 89.3 Å². The molecule has 0 saturated carbocycles. The number of aromatic hydroxyl groups is 1. The molecule has 1 unspecified atom stereocenters. The number of methoxy groups -OCH3 is 2. The van der Waals surface area contributed by atoms with Crippen molar-refractivity contribution in [3.8, 4) is 17.2 Å². The molecule has 1 aliphatic heterocycles. The van der Waals surface area contributed by atoms with Crippen LogP contribution in [0, 0.1) is 0 Å². The minimum Gasteiger partial charge on any atom is -0.504 e. The molecule has 0 spiro atoms. The minimum absolute atomic E-state index is 0.0158. The van der Waals surface area contributed by atoms with E-state index in [1.807, 2.05) is 0 Å². The normalized spacial score (nSPS) is 15.8. The maximum absolute atomic E-state index is 13.7. The van der Waals surface area contributed by atoms with Crippen LogP contribution in [0.2, 0.25) is 0 Å². The highest BCUT2D eigenvalue weighted by Crippen LogP contribution is 2.43. The summed E-state index contributed by atoms with van der Waals surface area (Å²) < 4.78 is 21.6. The number of benzene rings is 2. The topological polar surface area (TPSA) is 123 Å². The molecule has 5 rings (SSSR count). The van der Waals surface area contributed by atoms with Crippen molar-refractivity contribution < 1.29 is 38.1 Å². The molecule has 2 N–H and O–H groups in total. The predicted molar refractivity (Wildman–Crippen MR) is 123 cm³/mol. The molecule has 1 aliphatic rings. The molecule has 0 bridgehead atoms. The number of hydrogen-bond acceptors (Lipinski definition) is 8. The fourth-order valence-corrected chi connectivity index (χ4v) is 4.28. The zero-order valence-electron chi connectivity index (χ0n) is 18.8. The number of phenols is 1. The van der Waals surface area contributed by atoms with Crippen molar-refractivity contribution >= 4 is 22.7 Å². The van der Waals surface area contributed by atoms with Gasteiger partial charge in [0.2, 0.25) is 5.78 Å². The average Bonchev–Trinajstić information content (AvgIpc) is 3.59. The van der Waals surface area contributed by atoms with Crippen LogP contribution in [-0.2, 0) is 11.3 Å². The summed E-state index contributed by atoms with van der Waals surface area (Å²) in [5.74, 6) is -1.25. The van der Waals surface area contributed by atoms with E-state index in [0.717, 1.165) is 0 Å². The maximum Gasteiger partial charge on any atom is 0.290 e. The quantitative estimate of drug-likeness (QED) is 0.374. The van der Waals surface area contributed by atoms with E-state index in [1.54, 1.807) is 36.4 Å². The smallest absolute Gasteiger partial charge is 0.290 e. The number of aliphatic hydroxyl groups excluding tert-OH is 1. The van der Waals surface area contributed by atoms with Gasteiger partial charge in [0.25, 0.3) is 5.91 Å². The number of carbonyl (C=O) groups is 2.